The van der Waals surface area contributed by atoms with Gasteiger partial charge in [-0.1, -0.05) is 11.6 Å². The highest BCUT2D eigenvalue weighted by Gasteiger charge is 2.28. The zero-order chi connectivity index (χ0) is 14.0. The molecule has 0 unspecified atom stereocenters. The van der Waals surface area contributed by atoms with E-state index >= 15 is 0 Å². The monoisotopic (exact) mass is 306 g/mol. The van der Waals surface area contributed by atoms with Crippen LogP contribution in [0.1, 0.15) is 6.42 Å². The first kappa shape index (κ1) is 14.2. The van der Waals surface area contributed by atoms with Crippen molar-refractivity contribution < 1.29 is 17.6 Å². The zero-order valence-electron chi connectivity index (χ0n) is 9.90. The van der Waals surface area contributed by atoms with Crippen LogP contribution in [0, 0.1) is 5.82 Å². The number of nitrogens with one attached hydrogen (secondary N) is 1. The summed E-state index contributed by atoms with van der Waals surface area (Å²) in [5.41, 5.74) is 0. The molecule has 1 saturated heterocycles. The molecule has 1 amide bonds. The van der Waals surface area contributed by atoms with E-state index in [4.69, 9.17) is 11.6 Å². The van der Waals surface area contributed by atoms with Crippen molar-refractivity contribution in [2.45, 2.75) is 11.3 Å². The second-order valence-corrected chi connectivity index (χ2v) is 6.39. The Morgan fingerprint density at radius 3 is 2.79 bits per heavy atom. The molecular formula is C11H12ClFN2O3S. The molecule has 1 aromatic rings. The topological polar surface area (TPSA) is 66.5 Å². The molecule has 1 N–H and O–H groups in total. The summed E-state index contributed by atoms with van der Waals surface area (Å²) in [6.45, 7) is 0.424. The molecule has 2 rings (SSSR count). The maximum Gasteiger partial charge on any atom is 0.244 e. The van der Waals surface area contributed by atoms with Crippen LogP contribution in [0.15, 0.2) is 23.1 Å². The molecule has 0 spiro atoms. The van der Waals surface area contributed by atoms with Crippen molar-refractivity contribution in [3.05, 3.63) is 29.0 Å². The molecule has 19 heavy (non-hydrogen) atoms. The maximum absolute atomic E-state index is 13.2. The van der Waals surface area contributed by atoms with Crippen molar-refractivity contribution in [3.63, 3.8) is 0 Å². The van der Waals surface area contributed by atoms with Gasteiger partial charge >= 0.3 is 0 Å². The predicted octanol–water partition coefficient (Wildman–Crippen LogP) is 0.990. The predicted molar refractivity (Wildman–Crippen MR) is 67.8 cm³/mol. The van der Waals surface area contributed by atoms with Crippen molar-refractivity contribution in [3.8, 4) is 0 Å². The molecule has 1 heterocycles. The zero-order valence-corrected chi connectivity index (χ0v) is 11.5. The van der Waals surface area contributed by atoms with E-state index in [-0.39, 0.29) is 41.9 Å². The van der Waals surface area contributed by atoms with Crippen LogP contribution in [0.5, 0.6) is 0 Å². The van der Waals surface area contributed by atoms with Gasteiger partial charge in [0.05, 0.1) is 5.02 Å². The normalized spacial score (nSPS) is 17.9. The van der Waals surface area contributed by atoms with Gasteiger partial charge in [-0.25, -0.2) is 12.8 Å². The van der Waals surface area contributed by atoms with E-state index in [1.165, 1.54) is 6.07 Å². The Labute approximate surface area is 115 Å². The second kappa shape index (κ2) is 5.44. The Bertz CT molecular complexity index is 606. The van der Waals surface area contributed by atoms with Gasteiger partial charge in [0.15, 0.2) is 0 Å². The average Bonchev–Trinajstić information content (AvgIpc) is 2.57. The lowest BCUT2D eigenvalue weighted by Crippen LogP contribution is -2.34. The molecule has 8 heteroatoms. The van der Waals surface area contributed by atoms with Gasteiger partial charge < -0.3 is 5.32 Å². The van der Waals surface area contributed by atoms with E-state index in [2.05, 4.69) is 5.32 Å². The van der Waals surface area contributed by atoms with Crippen LogP contribution >= 0.6 is 11.6 Å². The smallest absolute Gasteiger partial charge is 0.244 e. The van der Waals surface area contributed by atoms with Crippen LogP contribution in [0.25, 0.3) is 0 Å². The molecular weight excluding hydrogens is 295 g/mol. The lowest BCUT2D eigenvalue weighted by atomic mass is 10.3. The highest BCUT2D eigenvalue weighted by atomic mass is 35.5. The molecule has 0 aliphatic carbocycles. The van der Waals surface area contributed by atoms with E-state index < -0.39 is 15.8 Å². The van der Waals surface area contributed by atoms with Gasteiger partial charge in [-0.15, -0.1) is 0 Å². The Morgan fingerprint density at radius 2 is 2.05 bits per heavy atom. The first-order valence-corrected chi connectivity index (χ1v) is 7.45. The van der Waals surface area contributed by atoms with Crippen LogP contribution < -0.4 is 5.32 Å². The van der Waals surface area contributed by atoms with Gasteiger partial charge in [-0.2, -0.15) is 4.31 Å². The third-order valence-electron chi connectivity index (χ3n) is 2.78. The number of nitrogens with zero attached hydrogens (tertiary/aromatic N) is 1. The number of hydrogen-bond acceptors (Lipinski definition) is 3. The highest BCUT2D eigenvalue weighted by molar-refractivity contribution is 7.89. The molecule has 0 atom stereocenters. The standard InChI is InChI=1S/C11H12ClFN2O3S/c12-9-2-1-8(13)7-10(9)19(17,18)15-5-3-11(16)14-4-6-15/h1-2,7H,3-6H2,(H,14,16). The number of rotatable bonds is 2. The van der Waals surface area contributed by atoms with Gasteiger partial charge in [0.1, 0.15) is 10.7 Å². The number of hydrogen-bond donors (Lipinski definition) is 1. The lowest BCUT2D eigenvalue weighted by molar-refractivity contribution is -0.120. The third kappa shape index (κ3) is 3.05. The number of halogens is 2. The SMILES string of the molecule is O=C1CCN(S(=O)(=O)c2cc(F)ccc2Cl)CCN1. The van der Waals surface area contributed by atoms with Crippen molar-refractivity contribution in [2.75, 3.05) is 19.6 Å². The van der Waals surface area contributed by atoms with Crippen molar-refractivity contribution in [1.29, 1.82) is 0 Å². The number of sulfonamides is 1. The molecule has 0 bridgehead atoms. The second-order valence-electron chi connectivity index (χ2n) is 4.08. The first-order chi connectivity index (χ1) is 8.91. The van der Waals surface area contributed by atoms with Gasteiger partial charge in [0.25, 0.3) is 0 Å². The van der Waals surface area contributed by atoms with Crippen molar-refractivity contribution in [1.82, 2.24) is 9.62 Å². The van der Waals surface area contributed by atoms with E-state index in [0.717, 1.165) is 16.4 Å². The Morgan fingerprint density at radius 1 is 1.32 bits per heavy atom. The maximum atomic E-state index is 13.2. The van der Waals surface area contributed by atoms with Crippen LogP contribution in [0.4, 0.5) is 4.39 Å². The minimum absolute atomic E-state index is 0.0371. The summed E-state index contributed by atoms with van der Waals surface area (Å²) in [5.74, 6) is -0.880. The lowest BCUT2D eigenvalue weighted by Gasteiger charge is -2.19. The minimum atomic E-state index is -3.89. The highest BCUT2D eigenvalue weighted by Crippen LogP contribution is 2.25. The fourth-order valence-corrected chi connectivity index (χ4v) is 3.73. The third-order valence-corrected chi connectivity index (χ3v) is 5.16. The summed E-state index contributed by atoms with van der Waals surface area (Å²) in [6, 6.07) is 3.18. The largest absolute Gasteiger partial charge is 0.355 e. The van der Waals surface area contributed by atoms with Gasteiger partial charge in [0, 0.05) is 26.1 Å². The van der Waals surface area contributed by atoms with Crippen LogP contribution in [0.3, 0.4) is 0 Å². The fourth-order valence-electron chi connectivity index (χ4n) is 1.80. The summed E-state index contributed by atoms with van der Waals surface area (Å²) in [4.78, 5) is 10.9. The Balaban J connectivity index is 2.36. The number of benzene rings is 1. The molecule has 0 aromatic heterocycles. The molecule has 1 aliphatic heterocycles. The first-order valence-electron chi connectivity index (χ1n) is 5.63. The summed E-state index contributed by atoms with van der Waals surface area (Å²) >= 11 is 5.81. The summed E-state index contributed by atoms with van der Waals surface area (Å²) < 4.78 is 39.0. The number of carbonyl (C=O) groups is 1. The molecule has 0 saturated carbocycles. The van der Waals surface area contributed by atoms with Crippen molar-refractivity contribution >= 4 is 27.5 Å². The quantitative estimate of drug-likeness (QED) is 0.886. The van der Waals surface area contributed by atoms with Crippen LogP contribution in [-0.4, -0.2) is 38.3 Å². The minimum Gasteiger partial charge on any atom is -0.355 e. The molecule has 1 aliphatic rings. The molecule has 1 fully saturated rings. The summed E-state index contributed by atoms with van der Waals surface area (Å²) in [5, 5.41) is 2.53. The number of carbonyl (C=O) groups excluding carboxylic acids is 1. The van der Waals surface area contributed by atoms with Gasteiger partial charge in [-0.3, -0.25) is 4.79 Å². The molecule has 104 valence electrons. The summed E-state index contributed by atoms with van der Waals surface area (Å²) in [6.07, 6.45) is 0.0756. The van der Waals surface area contributed by atoms with Gasteiger partial charge in [-0.05, 0) is 18.2 Å². The van der Waals surface area contributed by atoms with Gasteiger partial charge in [0.2, 0.25) is 15.9 Å². The average molecular weight is 307 g/mol. The van der Waals surface area contributed by atoms with E-state index in [0.29, 0.717) is 0 Å². The Kier molecular flexibility index (Phi) is 4.07. The van der Waals surface area contributed by atoms with E-state index in [1.54, 1.807) is 0 Å². The molecule has 1 aromatic carbocycles. The van der Waals surface area contributed by atoms with Crippen LogP contribution in [-0.2, 0) is 14.8 Å². The number of amides is 1. The van der Waals surface area contributed by atoms with Crippen molar-refractivity contribution in [2.24, 2.45) is 0 Å². The van der Waals surface area contributed by atoms with E-state index in [1.807, 2.05) is 0 Å². The summed E-state index contributed by atoms with van der Waals surface area (Å²) in [7, 11) is -3.89. The Hall–Kier alpha value is -1.18. The molecule has 5 nitrogen and oxygen atoms in total. The fraction of sp³-hybridized carbons (Fsp3) is 0.364. The van der Waals surface area contributed by atoms with E-state index in [9.17, 15) is 17.6 Å². The van der Waals surface area contributed by atoms with Crippen LogP contribution in [0.2, 0.25) is 5.02 Å². The molecule has 0 radical (unpaired) electrons.